The topological polar surface area (TPSA) is 85.2 Å². The molecule has 0 aliphatic carbocycles. The molecule has 1 atom stereocenters. The van der Waals surface area contributed by atoms with Crippen molar-refractivity contribution in [2.75, 3.05) is 20.8 Å². The molecule has 0 aromatic heterocycles. The van der Waals surface area contributed by atoms with Gasteiger partial charge in [-0.25, -0.2) is 0 Å². The maximum atomic E-state index is 11.0. The predicted octanol–water partition coefficient (Wildman–Crippen LogP) is 0.655. The Hall–Kier alpha value is -1.79. The molecule has 0 aliphatic rings. The molecule has 100 valence electrons. The lowest BCUT2D eigenvalue weighted by Crippen LogP contribution is -2.08. The highest BCUT2D eigenvalue weighted by molar-refractivity contribution is 5.72. The van der Waals surface area contributed by atoms with E-state index in [0.29, 0.717) is 5.56 Å². The second kappa shape index (κ2) is 6.23. The van der Waals surface area contributed by atoms with E-state index in [0.717, 1.165) is 0 Å². The first kappa shape index (κ1) is 14.3. The molecule has 0 saturated heterocycles. The van der Waals surface area contributed by atoms with E-state index in [1.807, 2.05) is 0 Å². The fourth-order valence-corrected chi connectivity index (χ4v) is 1.44. The Bertz CT molecular complexity index is 404. The molecule has 1 aromatic rings. The van der Waals surface area contributed by atoms with Crippen molar-refractivity contribution in [3.63, 3.8) is 0 Å². The van der Waals surface area contributed by atoms with E-state index < -0.39 is 18.7 Å². The number of aliphatic hydroxyl groups excluding tert-OH is 2. The summed E-state index contributed by atoms with van der Waals surface area (Å²) in [6.07, 6.45) is -1.06. The Labute approximate surface area is 105 Å². The lowest BCUT2D eigenvalue weighted by Gasteiger charge is -2.16. The number of benzene rings is 1. The van der Waals surface area contributed by atoms with Crippen molar-refractivity contribution in [2.24, 2.45) is 0 Å². The number of hydrogen-bond donors (Lipinski definition) is 2. The summed E-state index contributed by atoms with van der Waals surface area (Å²) in [6, 6.07) is 2.95. The zero-order valence-electron chi connectivity index (χ0n) is 10.5. The summed E-state index contributed by atoms with van der Waals surface area (Å²) in [7, 11) is 2.80. The number of carbonyl (C=O) groups excluding carboxylic acids is 1. The van der Waals surface area contributed by atoms with Gasteiger partial charge in [-0.3, -0.25) is 4.79 Å². The van der Waals surface area contributed by atoms with Gasteiger partial charge in [-0.1, -0.05) is 0 Å². The third-order valence-corrected chi connectivity index (χ3v) is 2.29. The van der Waals surface area contributed by atoms with Crippen LogP contribution in [0.1, 0.15) is 18.6 Å². The molecular formula is C12H16O6. The molecular weight excluding hydrogens is 240 g/mol. The van der Waals surface area contributed by atoms with Crippen LogP contribution in [-0.4, -0.2) is 37.0 Å². The van der Waals surface area contributed by atoms with Crippen LogP contribution in [0.2, 0.25) is 0 Å². The summed E-state index contributed by atoms with van der Waals surface area (Å²) in [5, 5.41) is 18.5. The summed E-state index contributed by atoms with van der Waals surface area (Å²) in [4.78, 5) is 11.0. The van der Waals surface area contributed by atoms with Gasteiger partial charge in [0.05, 0.1) is 20.8 Å². The normalized spacial score (nSPS) is 11.8. The van der Waals surface area contributed by atoms with Crippen LogP contribution in [-0.2, 0) is 4.79 Å². The van der Waals surface area contributed by atoms with Crippen molar-refractivity contribution in [1.82, 2.24) is 0 Å². The maximum absolute atomic E-state index is 11.0. The van der Waals surface area contributed by atoms with Gasteiger partial charge in [-0.2, -0.15) is 0 Å². The lowest BCUT2D eigenvalue weighted by atomic mass is 10.1. The van der Waals surface area contributed by atoms with Crippen LogP contribution < -0.4 is 14.2 Å². The number of esters is 1. The van der Waals surface area contributed by atoms with Crippen LogP contribution in [0.25, 0.3) is 0 Å². The maximum Gasteiger partial charge on any atom is 0.308 e. The number of carbonyl (C=O) groups is 1. The molecule has 18 heavy (non-hydrogen) atoms. The van der Waals surface area contributed by atoms with Crippen LogP contribution in [0, 0.1) is 0 Å². The summed E-state index contributed by atoms with van der Waals surface area (Å²) < 4.78 is 15.1. The summed E-state index contributed by atoms with van der Waals surface area (Å²) in [6.45, 7) is 0.828. The van der Waals surface area contributed by atoms with Crippen LogP contribution >= 0.6 is 0 Å². The monoisotopic (exact) mass is 256 g/mol. The van der Waals surface area contributed by atoms with E-state index >= 15 is 0 Å². The van der Waals surface area contributed by atoms with Gasteiger partial charge in [-0.15, -0.1) is 0 Å². The molecule has 0 fully saturated rings. The largest absolute Gasteiger partial charge is 0.493 e. The minimum Gasteiger partial charge on any atom is -0.493 e. The van der Waals surface area contributed by atoms with Gasteiger partial charge in [-0.05, 0) is 17.7 Å². The van der Waals surface area contributed by atoms with E-state index in [-0.39, 0.29) is 17.2 Å². The number of hydrogen-bond acceptors (Lipinski definition) is 6. The van der Waals surface area contributed by atoms with E-state index in [1.165, 1.54) is 33.3 Å². The molecule has 0 saturated carbocycles. The lowest BCUT2D eigenvalue weighted by molar-refractivity contribution is -0.132. The van der Waals surface area contributed by atoms with Crippen LogP contribution in [0.5, 0.6) is 17.2 Å². The smallest absolute Gasteiger partial charge is 0.308 e. The van der Waals surface area contributed by atoms with Gasteiger partial charge in [0, 0.05) is 6.92 Å². The molecule has 6 heteroatoms. The molecule has 0 bridgehead atoms. The Morgan fingerprint density at radius 1 is 1.28 bits per heavy atom. The fourth-order valence-electron chi connectivity index (χ4n) is 1.44. The Kier molecular flexibility index (Phi) is 4.94. The van der Waals surface area contributed by atoms with E-state index in [2.05, 4.69) is 0 Å². The summed E-state index contributed by atoms with van der Waals surface area (Å²) >= 11 is 0. The van der Waals surface area contributed by atoms with Crippen molar-refractivity contribution in [3.05, 3.63) is 17.7 Å². The van der Waals surface area contributed by atoms with Crippen LogP contribution in [0.3, 0.4) is 0 Å². The number of ether oxygens (including phenoxy) is 3. The number of methoxy groups -OCH3 is 2. The zero-order chi connectivity index (χ0) is 13.7. The molecule has 0 radical (unpaired) electrons. The standard InChI is InChI=1S/C12H16O6/c1-7(14)18-12-10(16-2)4-8(9(15)6-13)5-11(12)17-3/h4-5,9,13,15H,6H2,1-3H3. The second-order valence-electron chi connectivity index (χ2n) is 3.55. The minimum atomic E-state index is -1.06. The second-order valence-corrected chi connectivity index (χ2v) is 3.55. The highest BCUT2D eigenvalue weighted by atomic mass is 16.6. The molecule has 1 unspecified atom stereocenters. The van der Waals surface area contributed by atoms with Crippen LogP contribution in [0.15, 0.2) is 12.1 Å². The molecule has 6 nitrogen and oxygen atoms in total. The SMILES string of the molecule is COc1cc(C(O)CO)cc(OC)c1OC(C)=O. The van der Waals surface area contributed by atoms with E-state index in [4.69, 9.17) is 19.3 Å². The van der Waals surface area contributed by atoms with Crippen LogP contribution in [0.4, 0.5) is 0 Å². The highest BCUT2D eigenvalue weighted by Gasteiger charge is 2.18. The Morgan fingerprint density at radius 2 is 1.78 bits per heavy atom. The predicted molar refractivity (Wildman–Crippen MR) is 62.9 cm³/mol. The van der Waals surface area contributed by atoms with Gasteiger partial charge < -0.3 is 24.4 Å². The van der Waals surface area contributed by atoms with Gasteiger partial charge in [0.1, 0.15) is 6.10 Å². The average Bonchev–Trinajstić information content (AvgIpc) is 2.37. The van der Waals surface area contributed by atoms with Gasteiger partial charge in [0.25, 0.3) is 0 Å². The minimum absolute atomic E-state index is 0.140. The fraction of sp³-hybridized carbons (Fsp3) is 0.417. The molecule has 0 heterocycles. The molecule has 1 rings (SSSR count). The first-order valence-corrected chi connectivity index (χ1v) is 5.26. The molecule has 1 aromatic carbocycles. The number of aliphatic hydroxyl groups is 2. The number of rotatable bonds is 5. The third kappa shape index (κ3) is 3.12. The van der Waals surface area contributed by atoms with Crippen molar-refractivity contribution >= 4 is 5.97 Å². The van der Waals surface area contributed by atoms with Crippen molar-refractivity contribution in [1.29, 1.82) is 0 Å². The highest BCUT2D eigenvalue weighted by Crippen LogP contribution is 2.40. The summed E-state index contributed by atoms with van der Waals surface area (Å²) in [5.74, 6) is 0.113. The van der Waals surface area contributed by atoms with E-state index in [9.17, 15) is 9.90 Å². The van der Waals surface area contributed by atoms with Crippen molar-refractivity contribution < 1.29 is 29.2 Å². The van der Waals surface area contributed by atoms with Gasteiger partial charge in [0.2, 0.25) is 5.75 Å². The third-order valence-electron chi connectivity index (χ3n) is 2.29. The van der Waals surface area contributed by atoms with Crippen molar-refractivity contribution in [2.45, 2.75) is 13.0 Å². The first-order chi connectivity index (χ1) is 8.53. The molecule has 0 spiro atoms. The Balaban J connectivity index is 3.29. The van der Waals surface area contributed by atoms with E-state index in [1.54, 1.807) is 0 Å². The van der Waals surface area contributed by atoms with Gasteiger partial charge >= 0.3 is 5.97 Å². The van der Waals surface area contributed by atoms with Gasteiger partial charge in [0.15, 0.2) is 11.5 Å². The van der Waals surface area contributed by atoms with Crippen molar-refractivity contribution in [3.8, 4) is 17.2 Å². The Morgan fingerprint density at radius 3 is 2.11 bits per heavy atom. The molecule has 2 N–H and O–H groups in total. The quantitative estimate of drug-likeness (QED) is 0.594. The summed E-state index contributed by atoms with van der Waals surface area (Å²) in [5.41, 5.74) is 0.405. The average molecular weight is 256 g/mol. The zero-order valence-corrected chi connectivity index (χ0v) is 10.5. The molecule has 0 aliphatic heterocycles. The molecule has 0 amide bonds. The first-order valence-electron chi connectivity index (χ1n) is 5.26.